The summed E-state index contributed by atoms with van der Waals surface area (Å²) in [4.78, 5) is 2.20. The molecule has 0 saturated heterocycles. The molecule has 0 saturated carbocycles. The van der Waals surface area contributed by atoms with E-state index in [1.54, 1.807) is 0 Å². The molecule has 1 nitrogen and oxygen atoms in total. The Bertz CT molecular complexity index is 304. The van der Waals surface area contributed by atoms with Gasteiger partial charge in [0.1, 0.15) is 0 Å². The zero-order valence-corrected chi connectivity index (χ0v) is 11.2. The van der Waals surface area contributed by atoms with E-state index >= 15 is 0 Å². The molecule has 0 spiro atoms. The Kier molecular flexibility index (Phi) is 7.92. The van der Waals surface area contributed by atoms with Crippen molar-refractivity contribution in [2.45, 2.75) is 13.0 Å². The third-order valence-corrected chi connectivity index (χ3v) is 2.50. The van der Waals surface area contributed by atoms with E-state index < -0.39 is 0 Å². The van der Waals surface area contributed by atoms with Gasteiger partial charge in [0.2, 0.25) is 0 Å². The molecular formula is C14H19FeN-2. The van der Waals surface area contributed by atoms with Crippen LogP contribution in [-0.4, -0.2) is 19.0 Å². The van der Waals surface area contributed by atoms with Crippen LogP contribution in [0.15, 0.2) is 54.6 Å². The van der Waals surface area contributed by atoms with Crippen LogP contribution >= 0.6 is 0 Å². The molecule has 0 bridgehead atoms. The molecule has 16 heavy (non-hydrogen) atoms. The summed E-state index contributed by atoms with van der Waals surface area (Å²) in [5, 5.41) is 0. The fraction of sp³-hybridized carbons (Fsp3) is 0.286. The van der Waals surface area contributed by atoms with Crippen LogP contribution in [-0.2, 0) is 17.1 Å². The van der Waals surface area contributed by atoms with Crippen molar-refractivity contribution in [2.24, 2.45) is 0 Å². The number of hydrogen-bond acceptors (Lipinski definition) is 1. The first-order chi connectivity index (χ1) is 7.22. The zero-order chi connectivity index (χ0) is 11.1. The second-order valence-corrected chi connectivity index (χ2v) is 3.82. The van der Waals surface area contributed by atoms with Crippen molar-refractivity contribution in [1.29, 1.82) is 0 Å². The van der Waals surface area contributed by atoms with E-state index in [1.807, 2.05) is 30.3 Å². The molecule has 0 amide bonds. The van der Waals surface area contributed by atoms with Crippen molar-refractivity contribution < 1.29 is 17.1 Å². The van der Waals surface area contributed by atoms with Crippen LogP contribution in [0.4, 0.5) is 0 Å². The summed E-state index contributed by atoms with van der Waals surface area (Å²) in [6.45, 7) is 2.20. The van der Waals surface area contributed by atoms with Crippen LogP contribution in [0.2, 0.25) is 0 Å². The van der Waals surface area contributed by atoms with Gasteiger partial charge >= 0.3 is 0 Å². The first kappa shape index (κ1) is 15.2. The monoisotopic (exact) mass is 257 g/mol. The number of rotatable bonds is 2. The first-order valence-corrected chi connectivity index (χ1v) is 5.26. The van der Waals surface area contributed by atoms with Gasteiger partial charge in [0.25, 0.3) is 0 Å². The topological polar surface area (TPSA) is 3.24 Å². The molecule has 90 valence electrons. The molecular weight excluding hydrogens is 238 g/mol. The van der Waals surface area contributed by atoms with E-state index in [0.29, 0.717) is 6.04 Å². The molecule has 2 aromatic rings. The van der Waals surface area contributed by atoms with Crippen molar-refractivity contribution >= 4 is 0 Å². The fourth-order valence-corrected chi connectivity index (χ4v) is 1.29. The van der Waals surface area contributed by atoms with Gasteiger partial charge in [-0.15, -0.1) is 0 Å². The van der Waals surface area contributed by atoms with Crippen molar-refractivity contribution in [1.82, 2.24) is 4.90 Å². The molecule has 0 N–H and O–H groups in total. The molecule has 0 fully saturated rings. The van der Waals surface area contributed by atoms with E-state index in [-0.39, 0.29) is 17.1 Å². The SMILES string of the molecule is CC(c1cc[cH-]c1)N(C)C.[Fe].c1cc[cH-]c1. The van der Waals surface area contributed by atoms with Gasteiger partial charge in [0, 0.05) is 17.1 Å². The summed E-state index contributed by atoms with van der Waals surface area (Å²) in [6, 6.07) is 19.0. The maximum atomic E-state index is 2.20. The Balaban J connectivity index is 0.000000318. The van der Waals surface area contributed by atoms with E-state index in [4.69, 9.17) is 0 Å². The van der Waals surface area contributed by atoms with Gasteiger partial charge in [-0.2, -0.15) is 42.0 Å². The van der Waals surface area contributed by atoms with E-state index in [9.17, 15) is 0 Å². The minimum absolute atomic E-state index is 0. The van der Waals surface area contributed by atoms with Crippen LogP contribution in [0, 0.1) is 0 Å². The molecule has 2 heteroatoms. The molecule has 2 aromatic carbocycles. The molecule has 0 radical (unpaired) electrons. The molecule has 0 aliphatic carbocycles. The second-order valence-electron chi connectivity index (χ2n) is 3.82. The first-order valence-electron chi connectivity index (χ1n) is 5.26. The van der Waals surface area contributed by atoms with E-state index in [0.717, 1.165) is 0 Å². The normalized spacial score (nSPS) is 11.2. The summed E-state index contributed by atoms with van der Waals surface area (Å²) in [5.74, 6) is 0. The minimum atomic E-state index is 0. The van der Waals surface area contributed by atoms with Gasteiger partial charge in [-0.05, 0) is 20.1 Å². The van der Waals surface area contributed by atoms with E-state index in [1.165, 1.54) is 5.56 Å². The van der Waals surface area contributed by atoms with Crippen molar-refractivity contribution in [3.63, 3.8) is 0 Å². The minimum Gasteiger partial charge on any atom is -0.315 e. The average Bonchev–Trinajstić information content (AvgIpc) is 2.92. The Morgan fingerprint density at radius 2 is 1.69 bits per heavy atom. The predicted octanol–water partition coefficient (Wildman–Crippen LogP) is 3.43. The van der Waals surface area contributed by atoms with Crippen molar-refractivity contribution in [3.8, 4) is 0 Å². The summed E-state index contributed by atoms with van der Waals surface area (Å²) < 4.78 is 0. The van der Waals surface area contributed by atoms with Gasteiger partial charge in [-0.1, -0.05) is 6.92 Å². The zero-order valence-electron chi connectivity index (χ0n) is 10.1. The Labute approximate surface area is 109 Å². The summed E-state index contributed by atoms with van der Waals surface area (Å²) in [7, 11) is 4.19. The van der Waals surface area contributed by atoms with Gasteiger partial charge in [0.05, 0.1) is 0 Å². The summed E-state index contributed by atoms with van der Waals surface area (Å²) in [5.41, 5.74) is 1.39. The van der Waals surface area contributed by atoms with E-state index in [2.05, 4.69) is 50.2 Å². The number of nitrogens with zero attached hydrogens (tertiary/aromatic N) is 1. The van der Waals surface area contributed by atoms with Gasteiger partial charge in [-0.25, -0.2) is 18.2 Å². The fourth-order valence-electron chi connectivity index (χ4n) is 1.29. The molecule has 2 rings (SSSR count). The van der Waals surface area contributed by atoms with Crippen molar-refractivity contribution in [2.75, 3.05) is 14.1 Å². The quantitative estimate of drug-likeness (QED) is 0.588. The Morgan fingerprint density at radius 1 is 1.06 bits per heavy atom. The molecule has 0 heterocycles. The molecule has 1 atom stereocenters. The molecule has 0 aliphatic rings. The van der Waals surface area contributed by atoms with Crippen LogP contribution in [0.3, 0.4) is 0 Å². The standard InChI is InChI=1S/C9H14N.C5H5.Fe/c1-8(10(2)3)9-6-4-5-7-9;1-2-4-5-3-1;/h4-8H,1-3H3;1-5H;/q2*-1;. The van der Waals surface area contributed by atoms with Gasteiger partial charge in [0.15, 0.2) is 0 Å². The molecule has 0 aliphatic heterocycles. The molecule has 0 aromatic heterocycles. The van der Waals surface area contributed by atoms with Crippen LogP contribution in [0.5, 0.6) is 0 Å². The summed E-state index contributed by atoms with van der Waals surface area (Å²) >= 11 is 0. The van der Waals surface area contributed by atoms with Gasteiger partial charge in [-0.3, -0.25) is 0 Å². The second kappa shape index (κ2) is 8.35. The molecule has 1 unspecified atom stereocenters. The maximum absolute atomic E-state index is 2.20. The predicted molar refractivity (Wildman–Crippen MR) is 66.2 cm³/mol. The third-order valence-electron chi connectivity index (χ3n) is 2.50. The van der Waals surface area contributed by atoms with Gasteiger partial charge < -0.3 is 4.90 Å². The smallest absolute Gasteiger partial charge is 0 e. The third kappa shape index (κ3) is 5.31. The van der Waals surface area contributed by atoms with Crippen LogP contribution in [0.25, 0.3) is 0 Å². The largest absolute Gasteiger partial charge is 0.315 e. The Morgan fingerprint density at radius 3 is 2.00 bits per heavy atom. The summed E-state index contributed by atoms with van der Waals surface area (Å²) in [6.07, 6.45) is 0. The Hall–Kier alpha value is -0.821. The number of hydrogen-bond donors (Lipinski definition) is 0. The average molecular weight is 257 g/mol. The van der Waals surface area contributed by atoms with Crippen molar-refractivity contribution in [3.05, 3.63) is 60.2 Å². The van der Waals surface area contributed by atoms with Crippen LogP contribution in [0.1, 0.15) is 18.5 Å². The van der Waals surface area contributed by atoms with Crippen LogP contribution < -0.4 is 0 Å². The maximum Gasteiger partial charge on any atom is 0 e.